The van der Waals surface area contributed by atoms with E-state index in [0.29, 0.717) is 24.7 Å². The molecular formula is C21H26N2O5. The number of benzene rings is 2. The maximum atomic E-state index is 11.0. The molecule has 0 heterocycles. The molecule has 0 radical (unpaired) electrons. The summed E-state index contributed by atoms with van der Waals surface area (Å²) in [5, 5.41) is 3.78. The Bertz CT molecular complexity index is 820. The van der Waals surface area contributed by atoms with Crippen molar-refractivity contribution in [2.45, 2.75) is 20.3 Å². The topological polar surface area (TPSA) is 78.4 Å². The zero-order chi connectivity index (χ0) is 20.4. The lowest BCUT2D eigenvalue weighted by Gasteiger charge is -2.12. The predicted octanol–water partition coefficient (Wildman–Crippen LogP) is 3.85. The minimum atomic E-state index is -0.633. The number of nitrogens with zero attached hydrogens (tertiary/aromatic N) is 1. The number of aryl methyl sites for hydroxylation is 2. The fraction of sp³-hybridized carbons (Fsp3) is 0.333. The first-order valence-corrected chi connectivity index (χ1v) is 8.91. The Morgan fingerprint density at radius 1 is 1.00 bits per heavy atom. The van der Waals surface area contributed by atoms with Crippen molar-refractivity contribution in [1.29, 1.82) is 0 Å². The van der Waals surface area contributed by atoms with E-state index in [1.54, 1.807) is 19.2 Å². The van der Waals surface area contributed by atoms with Crippen LogP contribution in [0.2, 0.25) is 0 Å². The molecule has 150 valence electrons. The van der Waals surface area contributed by atoms with Crippen molar-refractivity contribution < 1.29 is 23.7 Å². The highest BCUT2D eigenvalue weighted by molar-refractivity contribution is 5.82. The second-order valence-corrected chi connectivity index (χ2v) is 6.07. The molecule has 0 aliphatic carbocycles. The molecule has 2 rings (SSSR count). The van der Waals surface area contributed by atoms with Crippen LogP contribution in [0.4, 0.5) is 4.79 Å². The van der Waals surface area contributed by atoms with Gasteiger partial charge in [0.1, 0.15) is 5.75 Å². The molecule has 2 aromatic carbocycles. The molecule has 0 saturated carbocycles. The number of amides is 1. The van der Waals surface area contributed by atoms with Gasteiger partial charge in [-0.15, -0.1) is 0 Å². The van der Waals surface area contributed by atoms with Crippen LogP contribution in [0.3, 0.4) is 0 Å². The fourth-order valence-electron chi connectivity index (χ4n) is 2.32. The van der Waals surface area contributed by atoms with Gasteiger partial charge in [-0.05, 0) is 60.9 Å². The molecule has 0 fully saturated rings. The summed E-state index contributed by atoms with van der Waals surface area (Å²) in [5.74, 6) is 2.08. The van der Waals surface area contributed by atoms with Gasteiger partial charge in [-0.1, -0.05) is 6.07 Å². The molecule has 1 N–H and O–H groups in total. The van der Waals surface area contributed by atoms with Crippen LogP contribution in [0.1, 0.15) is 23.1 Å². The number of hydrogen-bond donors (Lipinski definition) is 1. The zero-order valence-electron chi connectivity index (χ0n) is 16.7. The summed E-state index contributed by atoms with van der Waals surface area (Å²) in [5.41, 5.74) is 5.43. The Morgan fingerprint density at radius 3 is 2.50 bits per heavy atom. The molecule has 0 bridgehead atoms. The van der Waals surface area contributed by atoms with Gasteiger partial charge in [0.05, 0.1) is 33.6 Å². The second-order valence-electron chi connectivity index (χ2n) is 6.07. The Kier molecular flexibility index (Phi) is 8.14. The van der Waals surface area contributed by atoms with Crippen molar-refractivity contribution in [2.24, 2.45) is 5.10 Å². The van der Waals surface area contributed by atoms with Crippen molar-refractivity contribution >= 4 is 12.3 Å². The Hall–Kier alpha value is -3.22. The van der Waals surface area contributed by atoms with Crippen LogP contribution < -0.4 is 19.6 Å². The zero-order valence-corrected chi connectivity index (χ0v) is 16.7. The number of methoxy groups -OCH3 is 2. The molecule has 0 unspecified atom stereocenters. The Balaban J connectivity index is 1.81. The molecule has 0 aromatic heterocycles. The van der Waals surface area contributed by atoms with Crippen molar-refractivity contribution in [3.63, 3.8) is 0 Å². The maximum absolute atomic E-state index is 11.0. The summed E-state index contributed by atoms with van der Waals surface area (Å²) in [6.45, 7) is 5.21. The quantitative estimate of drug-likeness (QED) is 0.402. The highest BCUT2D eigenvalue weighted by Gasteiger charge is 2.06. The van der Waals surface area contributed by atoms with Crippen LogP contribution in [-0.2, 0) is 4.74 Å². The minimum Gasteiger partial charge on any atom is -0.493 e. The van der Waals surface area contributed by atoms with Crippen molar-refractivity contribution in [1.82, 2.24) is 5.43 Å². The number of hydrazone groups is 1. The number of rotatable bonds is 9. The third-order valence-electron chi connectivity index (χ3n) is 4.04. The standard InChI is InChI=1S/C21H26N2O5/c1-15-6-8-18(12-16(15)2)27-10-5-11-28-19-9-7-17(13-20(19)25-3)14-22-23-21(24)26-4/h6-9,12-14H,5,10-11H2,1-4H3,(H,23,24). The lowest BCUT2D eigenvalue weighted by atomic mass is 10.1. The SMILES string of the molecule is COC(=O)NN=Cc1ccc(OCCCOc2ccc(C)c(C)c2)c(OC)c1. The first-order valence-electron chi connectivity index (χ1n) is 8.91. The molecule has 7 nitrogen and oxygen atoms in total. The van der Waals surface area contributed by atoms with Gasteiger partial charge < -0.3 is 18.9 Å². The van der Waals surface area contributed by atoms with Gasteiger partial charge in [-0.2, -0.15) is 5.10 Å². The van der Waals surface area contributed by atoms with Gasteiger partial charge in [0.15, 0.2) is 11.5 Å². The van der Waals surface area contributed by atoms with Crippen LogP contribution in [0.5, 0.6) is 17.2 Å². The van der Waals surface area contributed by atoms with Crippen molar-refractivity contribution in [2.75, 3.05) is 27.4 Å². The normalized spacial score (nSPS) is 10.6. The van der Waals surface area contributed by atoms with Gasteiger partial charge in [-0.25, -0.2) is 10.2 Å². The first-order chi connectivity index (χ1) is 13.5. The highest BCUT2D eigenvalue weighted by Crippen LogP contribution is 2.27. The summed E-state index contributed by atoms with van der Waals surface area (Å²) in [6, 6.07) is 11.4. The van der Waals surface area contributed by atoms with Crippen LogP contribution in [0.25, 0.3) is 0 Å². The summed E-state index contributed by atoms with van der Waals surface area (Å²) in [6.07, 6.45) is 1.59. The van der Waals surface area contributed by atoms with Gasteiger partial charge in [-0.3, -0.25) is 0 Å². The average Bonchev–Trinajstić information content (AvgIpc) is 2.70. The van der Waals surface area contributed by atoms with Gasteiger partial charge >= 0.3 is 6.09 Å². The lowest BCUT2D eigenvalue weighted by molar-refractivity contribution is 0.171. The molecule has 2 aromatic rings. The number of carbonyl (C=O) groups is 1. The summed E-state index contributed by atoms with van der Waals surface area (Å²) in [4.78, 5) is 11.0. The van der Waals surface area contributed by atoms with Gasteiger partial charge in [0.2, 0.25) is 0 Å². The van der Waals surface area contributed by atoms with E-state index in [2.05, 4.69) is 35.2 Å². The molecule has 0 aliphatic heterocycles. The van der Waals surface area contributed by atoms with Crippen molar-refractivity contribution in [3.8, 4) is 17.2 Å². The van der Waals surface area contributed by atoms with E-state index in [1.807, 2.05) is 18.2 Å². The molecule has 7 heteroatoms. The minimum absolute atomic E-state index is 0.499. The van der Waals surface area contributed by atoms with E-state index in [4.69, 9.17) is 14.2 Å². The number of nitrogens with one attached hydrogen (secondary N) is 1. The molecule has 0 aliphatic rings. The molecule has 0 spiro atoms. The molecule has 1 amide bonds. The lowest BCUT2D eigenvalue weighted by Crippen LogP contribution is -2.16. The third kappa shape index (κ3) is 6.50. The smallest absolute Gasteiger partial charge is 0.427 e. The number of carbonyl (C=O) groups excluding carboxylic acids is 1. The van der Waals surface area contributed by atoms with Crippen molar-refractivity contribution in [3.05, 3.63) is 53.1 Å². The Labute approximate surface area is 165 Å². The number of ether oxygens (including phenoxy) is 4. The van der Waals surface area contributed by atoms with E-state index >= 15 is 0 Å². The van der Waals surface area contributed by atoms with E-state index in [1.165, 1.54) is 24.5 Å². The average molecular weight is 386 g/mol. The monoisotopic (exact) mass is 386 g/mol. The highest BCUT2D eigenvalue weighted by atomic mass is 16.5. The van der Waals surface area contributed by atoms with Gasteiger partial charge in [0, 0.05) is 6.42 Å². The Morgan fingerprint density at radius 2 is 1.79 bits per heavy atom. The fourth-order valence-corrected chi connectivity index (χ4v) is 2.32. The van der Waals surface area contributed by atoms with Crippen LogP contribution in [-0.4, -0.2) is 39.7 Å². The largest absolute Gasteiger partial charge is 0.493 e. The van der Waals surface area contributed by atoms with Crippen LogP contribution in [0, 0.1) is 13.8 Å². The first kappa shape index (κ1) is 21.1. The summed E-state index contributed by atoms with van der Waals surface area (Å²) >= 11 is 0. The number of hydrogen-bond acceptors (Lipinski definition) is 6. The van der Waals surface area contributed by atoms with E-state index in [-0.39, 0.29) is 0 Å². The molecular weight excluding hydrogens is 360 g/mol. The van der Waals surface area contributed by atoms with Crippen LogP contribution >= 0.6 is 0 Å². The molecule has 0 atom stereocenters. The van der Waals surface area contributed by atoms with Crippen LogP contribution in [0.15, 0.2) is 41.5 Å². The third-order valence-corrected chi connectivity index (χ3v) is 4.04. The van der Waals surface area contributed by atoms with E-state index in [0.717, 1.165) is 17.7 Å². The van der Waals surface area contributed by atoms with E-state index in [9.17, 15) is 4.79 Å². The van der Waals surface area contributed by atoms with E-state index < -0.39 is 6.09 Å². The summed E-state index contributed by atoms with van der Waals surface area (Å²) < 4.78 is 21.3. The predicted molar refractivity (Wildman–Crippen MR) is 108 cm³/mol. The maximum Gasteiger partial charge on any atom is 0.427 e. The summed E-state index contributed by atoms with van der Waals surface area (Å²) in [7, 11) is 2.84. The molecule has 0 saturated heterocycles. The molecule has 28 heavy (non-hydrogen) atoms. The van der Waals surface area contributed by atoms with Gasteiger partial charge in [0.25, 0.3) is 0 Å². The second kappa shape index (κ2) is 10.8.